The van der Waals surface area contributed by atoms with Gasteiger partial charge in [0.1, 0.15) is 22.3 Å². The highest BCUT2D eigenvalue weighted by atomic mass is 16.3. The van der Waals surface area contributed by atoms with Crippen molar-refractivity contribution in [3.05, 3.63) is 231 Å². The summed E-state index contributed by atoms with van der Waals surface area (Å²) < 4.78 is 13.8. The highest BCUT2D eigenvalue weighted by Gasteiger charge is 2.22. The van der Waals surface area contributed by atoms with Gasteiger partial charge in [0.05, 0.1) is 0 Å². The lowest BCUT2D eigenvalue weighted by molar-refractivity contribution is 0.669. The second-order valence-electron chi connectivity index (χ2n) is 16.0. The van der Waals surface area contributed by atoms with E-state index in [9.17, 15) is 0 Å². The maximum atomic E-state index is 6.91. The minimum atomic E-state index is 0.865. The lowest BCUT2D eigenvalue weighted by atomic mass is 9.86. The Labute approximate surface area is 359 Å². The van der Waals surface area contributed by atoms with Crippen molar-refractivity contribution >= 4 is 43.9 Å². The van der Waals surface area contributed by atoms with E-state index in [1.165, 1.54) is 11.1 Å². The molecule has 0 bridgehead atoms. The predicted molar refractivity (Wildman–Crippen MR) is 259 cm³/mol. The predicted octanol–water partition coefficient (Wildman–Crippen LogP) is 17.2. The lowest BCUT2D eigenvalue weighted by Crippen LogP contribution is -1.91. The van der Waals surface area contributed by atoms with Crippen LogP contribution < -0.4 is 0 Å². The minimum absolute atomic E-state index is 0.865. The number of hydrogen-bond donors (Lipinski definition) is 0. The third-order valence-electron chi connectivity index (χ3n) is 12.3. The van der Waals surface area contributed by atoms with E-state index in [0.717, 1.165) is 111 Å². The summed E-state index contributed by atoms with van der Waals surface area (Å²) in [4.78, 5) is 0. The van der Waals surface area contributed by atoms with Crippen molar-refractivity contribution in [3.8, 4) is 77.9 Å². The van der Waals surface area contributed by atoms with Crippen LogP contribution in [0, 0.1) is 0 Å². The first-order valence-electron chi connectivity index (χ1n) is 21.1. The lowest BCUT2D eigenvalue weighted by Gasteiger charge is -2.17. The molecule has 10 aromatic carbocycles. The number of benzene rings is 10. The third-order valence-corrected chi connectivity index (χ3v) is 12.3. The molecule has 290 valence electrons. The Bertz CT molecular complexity index is 3360. The summed E-state index contributed by atoms with van der Waals surface area (Å²) in [6.07, 6.45) is 0. The molecule has 0 aliphatic rings. The molecule has 2 heterocycles. The molecule has 0 saturated heterocycles. The molecular weight excluding hydrogens is 753 g/mol. The van der Waals surface area contributed by atoms with E-state index in [0.29, 0.717) is 0 Å². The highest BCUT2D eigenvalue weighted by Crippen LogP contribution is 2.47. The van der Waals surface area contributed by atoms with Gasteiger partial charge in [0, 0.05) is 32.7 Å². The van der Waals surface area contributed by atoms with Crippen LogP contribution in [0.2, 0.25) is 0 Å². The van der Waals surface area contributed by atoms with Crippen LogP contribution in [0.15, 0.2) is 239 Å². The van der Waals surface area contributed by atoms with Gasteiger partial charge in [0.25, 0.3) is 0 Å². The summed E-state index contributed by atoms with van der Waals surface area (Å²) in [6, 6.07) is 82.2. The smallest absolute Gasteiger partial charge is 0.143 e. The van der Waals surface area contributed by atoms with Crippen molar-refractivity contribution in [1.82, 2.24) is 0 Å². The maximum Gasteiger partial charge on any atom is 0.143 e. The fourth-order valence-electron chi connectivity index (χ4n) is 9.28. The molecular formula is C60H38O2. The number of rotatable bonds is 7. The van der Waals surface area contributed by atoms with Gasteiger partial charge in [0.2, 0.25) is 0 Å². The van der Waals surface area contributed by atoms with Gasteiger partial charge in [-0.2, -0.15) is 0 Å². The summed E-state index contributed by atoms with van der Waals surface area (Å²) in [5, 5.41) is 4.37. The Hall–Kier alpha value is -8.20. The Kier molecular flexibility index (Phi) is 8.53. The van der Waals surface area contributed by atoms with Crippen LogP contribution in [0.5, 0.6) is 0 Å². The minimum Gasteiger partial charge on any atom is -0.455 e. The molecule has 0 atom stereocenters. The summed E-state index contributed by atoms with van der Waals surface area (Å²) in [7, 11) is 0. The number of furan rings is 2. The van der Waals surface area contributed by atoms with Crippen LogP contribution in [0.3, 0.4) is 0 Å². The topological polar surface area (TPSA) is 26.3 Å². The van der Waals surface area contributed by atoms with Gasteiger partial charge in [0.15, 0.2) is 0 Å². The van der Waals surface area contributed by atoms with Gasteiger partial charge in [-0.1, -0.05) is 182 Å². The van der Waals surface area contributed by atoms with E-state index in [1.807, 2.05) is 0 Å². The Morgan fingerprint density at radius 1 is 0.194 bits per heavy atom. The Balaban J connectivity index is 1.10. The van der Waals surface area contributed by atoms with Gasteiger partial charge in [-0.25, -0.2) is 0 Å². The van der Waals surface area contributed by atoms with Gasteiger partial charge < -0.3 is 8.83 Å². The van der Waals surface area contributed by atoms with Crippen LogP contribution in [0.4, 0.5) is 0 Å². The molecule has 0 fully saturated rings. The van der Waals surface area contributed by atoms with E-state index < -0.39 is 0 Å². The molecule has 0 aliphatic heterocycles. The van der Waals surface area contributed by atoms with Gasteiger partial charge in [-0.05, 0) is 115 Å². The van der Waals surface area contributed by atoms with E-state index in [4.69, 9.17) is 8.83 Å². The zero-order valence-corrected chi connectivity index (χ0v) is 33.8. The van der Waals surface area contributed by atoms with Crippen LogP contribution in [-0.2, 0) is 0 Å². The molecule has 62 heavy (non-hydrogen) atoms. The van der Waals surface area contributed by atoms with E-state index in [1.54, 1.807) is 0 Å². The summed E-state index contributed by atoms with van der Waals surface area (Å²) in [5.41, 5.74) is 19.2. The molecule has 0 amide bonds. The van der Waals surface area contributed by atoms with Gasteiger partial charge >= 0.3 is 0 Å². The molecule has 2 aromatic heterocycles. The molecule has 0 saturated carbocycles. The van der Waals surface area contributed by atoms with Crippen LogP contribution >= 0.6 is 0 Å². The molecule has 0 radical (unpaired) electrons. The van der Waals surface area contributed by atoms with Crippen molar-refractivity contribution in [2.75, 3.05) is 0 Å². The molecule has 0 spiro atoms. The van der Waals surface area contributed by atoms with Crippen molar-refractivity contribution in [1.29, 1.82) is 0 Å². The second kappa shape index (κ2) is 14.8. The van der Waals surface area contributed by atoms with E-state index in [-0.39, 0.29) is 0 Å². The average Bonchev–Trinajstić information content (AvgIpc) is 3.92. The molecule has 2 heteroatoms. The largest absolute Gasteiger partial charge is 0.455 e. The zero-order chi connectivity index (χ0) is 41.0. The van der Waals surface area contributed by atoms with E-state index in [2.05, 4.69) is 231 Å². The Morgan fingerprint density at radius 3 is 0.839 bits per heavy atom. The second-order valence-corrected chi connectivity index (χ2v) is 16.0. The van der Waals surface area contributed by atoms with Gasteiger partial charge in [-0.3, -0.25) is 0 Å². The van der Waals surface area contributed by atoms with Crippen LogP contribution in [0.25, 0.3) is 122 Å². The first kappa shape index (κ1) is 35.7. The molecule has 0 N–H and O–H groups in total. The molecule has 12 rings (SSSR count). The monoisotopic (exact) mass is 790 g/mol. The average molecular weight is 791 g/mol. The summed E-state index contributed by atoms with van der Waals surface area (Å²) in [5.74, 6) is 0. The van der Waals surface area contributed by atoms with Crippen molar-refractivity contribution in [2.45, 2.75) is 0 Å². The fraction of sp³-hybridized carbons (Fsp3) is 0. The molecule has 0 aliphatic carbocycles. The first-order chi connectivity index (χ1) is 30.7. The zero-order valence-electron chi connectivity index (χ0n) is 33.8. The van der Waals surface area contributed by atoms with E-state index >= 15 is 0 Å². The number of hydrogen-bond acceptors (Lipinski definition) is 2. The van der Waals surface area contributed by atoms with Crippen LogP contribution in [0.1, 0.15) is 0 Å². The SMILES string of the molecule is c1ccc(-c2ccc3oc4c(-c5ccccc5-c5ccccc5-c5cc(-c6ccccc6)cc6c5oc5ccc(-c7ccccc7)cc56)cc(-c5ccccc5)cc4c3c2)cc1. The summed E-state index contributed by atoms with van der Waals surface area (Å²) >= 11 is 0. The van der Waals surface area contributed by atoms with Crippen molar-refractivity contribution < 1.29 is 8.83 Å². The maximum absolute atomic E-state index is 6.91. The number of fused-ring (bicyclic) bond motifs is 6. The summed E-state index contributed by atoms with van der Waals surface area (Å²) in [6.45, 7) is 0. The van der Waals surface area contributed by atoms with Crippen LogP contribution in [-0.4, -0.2) is 0 Å². The van der Waals surface area contributed by atoms with Crippen molar-refractivity contribution in [3.63, 3.8) is 0 Å². The first-order valence-corrected chi connectivity index (χ1v) is 21.1. The highest BCUT2D eigenvalue weighted by molar-refractivity contribution is 6.15. The fourth-order valence-corrected chi connectivity index (χ4v) is 9.28. The third kappa shape index (κ3) is 6.12. The quantitative estimate of drug-likeness (QED) is 0.161. The standard InChI is InChI=1S/C60H38O2/c1-5-17-39(18-6-1)43-29-31-57-51(33-43)55-37-45(41-21-9-3-10-22-41)35-53(59(55)61-57)49-27-15-13-25-47(49)48-26-14-16-28-50(48)54-36-46(42-23-11-4-12-24-42)38-56-52-34-44(40-19-7-2-8-20-40)30-32-58(52)62-60(54)56/h1-38H. The van der Waals surface area contributed by atoms with Gasteiger partial charge in [-0.15, -0.1) is 0 Å². The Morgan fingerprint density at radius 2 is 0.484 bits per heavy atom. The molecule has 0 unspecified atom stereocenters. The molecule has 2 nitrogen and oxygen atoms in total. The van der Waals surface area contributed by atoms with Crippen molar-refractivity contribution in [2.24, 2.45) is 0 Å². The normalized spacial score (nSPS) is 11.5. The molecule has 12 aromatic rings.